The molecule has 5 aromatic rings. The fraction of sp³-hybridized carbons (Fsp3) is 0.415. The molecule has 0 aliphatic carbocycles. The summed E-state index contributed by atoms with van der Waals surface area (Å²) in [7, 11) is 1.85. The first kappa shape index (κ1) is 51.3. The van der Waals surface area contributed by atoms with Crippen LogP contribution in [0.5, 0.6) is 11.5 Å². The highest BCUT2D eigenvalue weighted by atomic mass is 16.5. The maximum Gasteiger partial charge on any atom is 0.258 e. The van der Waals surface area contributed by atoms with Gasteiger partial charge in [-0.2, -0.15) is 0 Å². The van der Waals surface area contributed by atoms with Gasteiger partial charge in [-0.15, -0.1) is 0 Å². The lowest BCUT2D eigenvalue weighted by Crippen LogP contribution is -2.57. The zero-order chi connectivity index (χ0) is 48.1. The number of fused-ring (bicyclic) bond motifs is 2. The number of rotatable bonds is 27. The minimum Gasteiger partial charge on any atom is -0.493 e. The summed E-state index contributed by atoms with van der Waals surface area (Å²) in [5.74, 6) is -0.434. The van der Waals surface area contributed by atoms with Crippen LogP contribution in [0.2, 0.25) is 0 Å². The Labute approximate surface area is 395 Å². The Balaban J connectivity index is 1.38. The van der Waals surface area contributed by atoms with Gasteiger partial charge in [-0.05, 0) is 110 Å². The largest absolute Gasteiger partial charge is 0.493 e. The molecule has 0 aliphatic rings. The molecule has 14 nitrogen and oxygen atoms in total. The molecule has 0 fully saturated rings. The molecule has 0 aromatic heterocycles. The van der Waals surface area contributed by atoms with E-state index in [2.05, 4.69) is 63.9 Å². The van der Waals surface area contributed by atoms with E-state index in [1.54, 1.807) is 0 Å². The van der Waals surface area contributed by atoms with Crippen LogP contribution in [0, 0.1) is 17.2 Å². The van der Waals surface area contributed by atoms with E-state index >= 15 is 0 Å². The molecule has 4 amide bonds. The highest BCUT2D eigenvalue weighted by Gasteiger charge is 2.30. The van der Waals surface area contributed by atoms with Crippen LogP contribution in [0.1, 0.15) is 78.2 Å². The first-order valence-corrected chi connectivity index (χ1v) is 23.6. The first-order valence-electron chi connectivity index (χ1n) is 23.6. The second-order valence-corrected chi connectivity index (χ2v) is 17.8. The number of hydrogen-bond donors (Lipinski definition) is 8. The number of benzene rings is 5. The Morgan fingerprint density at radius 3 is 1.75 bits per heavy atom. The van der Waals surface area contributed by atoms with E-state index < -0.39 is 42.5 Å². The van der Waals surface area contributed by atoms with Gasteiger partial charge in [0.2, 0.25) is 17.7 Å². The SMILES string of the molecule is CNCCCC[C@@H](NC(=O)COc1ccc2ccccc2c1-c1c(OCCC(C)C)ccc2ccccc12)C(=O)N[C@H](CCCNC(=N)N)C(=O)N[C@@H](CC(C)C)C(=O)NCc1ccccc1. The molecule has 0 saturated carbocycles. The summed E-state index contributed by atoms with van der Waals surface area (Å²) in [6, 6.07) is 30.6. The Morgan fingerprint density at radius 2 is 1.15 bits per heavy atom. The van der Waals surface area contributed by atoms with E-state index in [4.69, 9.17) is 20.6 Å². The topological polar surface area (TPSA) is 209 Å². The van der Waals surface area contributed by atoms with Gasteiger partial charge in [-0.3, -0.25) is 24.6 Å². The van der Waals surface area contributed by atoms with Crippen molar-refractivity contribution >= 4 is 51.1 Å². The molecule has 5 aromatic carbocycles. The minimum absolute atomic E-state index is 0.0721. The van der Waals surface area contributed by atoms with Crippen LogP contribution >= 0.6 is 0 Å². The second kappa shape index (κ2) is 26.5. The zero-order valence-electron chi connectivity index (χ0n) is 39.7. The van der Waals surface area contributed by atoms with E-state index in [-0.39, 0.29) is 30.8 Å². The molecule has 0 aliphatic heterocycles. The van der Waals surface area contributed by atoms with E-state index in [9.17, 15) is 19.2 Å². The molecular weight excluding hydrogens is 845 g/mol. The van der Waals surface area contributed by atoms with Gasteiger partial charge in [0, 0.05) is 24.2 Å². The summed E-state index contributed by atoms with van der Waals surface area (Å²) in [5, 5.41) is 29.0. The fourth-order valence-corrected chi connectivity index (χ4v) is 7.92. The average molecular weight is 915 g/mol. The quantitative estimate of drug-likeness (QED) is 0.0156. The molecule has 0 unspecified atom stereocenters. The highest BCUT2D eigenvalue weighted by molar-refractivity contribution is 6.10. The Kier molecular flexibility index (Phi) is 20.3. The van der Waals surface area contributed by atoms with Gasteiger partial charge in [0.1, 0.15) is 29.6 Å². The van der Waals surface area contributed by atoms with Gasteiger partial charge < -0.3 is 47.1 Å². The number of ether oxygens (including phenoxy) is 2. The molecule has 0 radical (unpaired) electrons. The molecule has 3 atom stereocenters. The summed E-state index contributed by atoms with van der Waals surface area (Å²) in [5.41, 5.74) is 8.09. The summed E-state index contributed by atoms with van der Waals surface area (Å²) in [4.78, 5) is 55.9. The van der Waals surface area contributed by atoms with Gasteiger partial charge in [-0.1, -0.05) is 119 Å². The lowest BCUT2D eigenvalue weighted by molar-refractivity contribution is -0.134. The lowest BCUT2D eigenvalue weighted by atomic mass is 9.92. The number of nitrogens with one attached hydrogen (secondary N) is 7. The lowest BCUT2D eigenvalue weighted by Gasteiger charge is -2.26. The van der Waals surface area contributed by atoms with E-state index in [1.165, 1.54) is 0 Å². The maximum atomic E-state index is 14.3. The van der Waals surface area contributed by atoms with Crippen LogP contribution in [-0.2, 0) is 25.7 Å². The molecule has 0 spiro atoms. The predicted molar refractivity (Wildman–Crippen MR) is 268 cm³/mol. The normalized spacial score (nSPS) is 12.6. The fourth-order valence-electron chi connectivity index (χ4n) is 7.92. The average Bonchev–Trinajstić information content (AvgIpc) is 3.31. The molecule has 14 heteroatoms. The summed E-state index contributed by atoms with van der Waals surface area (Å²) >= 11 is 0. The first-order chi connectivity index (χ1) is 32.3. The number of amides is 4. The van der Waals surface area contributed by atoms with E-state index in [1.807, 2.05) is 106 Å². The molecule has 67 heavy (non-hydrogen) atoms. The third-order valence-electron chi connectivity index (χ3n) is 11.4. The molecular formula is C53H70N8O6. The predicted octanol–water partition coefficient (Wildman–Crippen LogP) is 6.93. The Hall–Kier alpha value is -6.67. The standard InChI is InChI=1S/C53H70N8O6/c1-35(2)28-31-66-45-26-24-38-18-9-11-20-40(38)48(45)49-41-21-12-10-19-39(41)25-27-46(49)67-34-47(62)59-42(22-13-14-29-56-5)51(64)60-43(23-15-30-57-53(54)55)52(65)61-44(32-36(3)4)50(63)58-33-37-16-7-6-8-17-37/h6-12,16-21,24-27,35-36,42-44,56H,13-15,22-23,28-34H2,1-5H3,(H,58,63)(H,59,62)(H,60,64)(H,61,65)(H4,54,55,57)/t42-,43-,44+/m1/s1. The van der Waals surface area contributed by atoms with Crippen molar-refractivity contribution in [2.24, 2.45) is 17.6 Å². The molecule has 0 bridgehead atoms. The van der Waals surface area contributed by atoms with Crippen molar-refractivity contribution in [3.05, 3.63) is 109 Å². The summed E-state index contributed by atoms with van der Waals surface area (Å²) in [6.45, 7) is 9.68. The maximum absolute atomic E-state index is 14.3. The Morgan fingerprint density at radius 1 is 0.582 bits per heavy atom. The van der Waals surface area contributed by atoms with Crippen LogP contribution in [0.25, 0.3) is 32.7 Å². The van der Waals surface area contributed by atoms with Crippen molar-refractivity contribution in [3.8, 4) is 22.6 Å². The number of carbonyl (C=O) groups excluding carboxylic acids is 4. The van der Waals surface area contributed by atoms with Crippen molar-refractivity contribution < 1.29 is 28.7 Å². The summed E-state index contributed by atoms with van der Waals surface area (Å²) < 4.78 is 12.9. The number of carbonyl (C=O) groups is 4. The molecule has 9 N–H and O–H groups in total. The second-order valence-electron chi connectivity index (χ2n) is 17.8. The smallest absolute Gasteiger partial charge is 0.258 e. The number of nitrogens with two attached hydrogens (primary N) is 1. The molecule has 5 rings (SSSR count). The van der Waals surface area contributed by atoms with Gasteiger partial charge >= 0.3 is 0 Å². The Bertz CT molecular complexity index is 2410. The van der Waals surface area contributed by atoms with Gasteiger partial charge in [0.15, 0.2) is 12.6 Å². The molecule has 358 valence electrons. The van der Waals surface area contributed by atoms with Crippen LogP contribution in [-0.4, -0.2) is 81.1 Å². The third-order valence-corrected chi connectivity index (χ3v) is 11.4. The van der Waals surface area contributed by atoms with Crippen molar-refractivity contribution in [2.45, 2.75) is 97.3 Å². The molecule has 0 saturated heterocycles. The van der Waals surface area contributed by atoms with Gasteiger partial charge in [0.25, 0.3) is 5.91 Å². The monoisotopic (exact) mass is 915 g/mol. The van der Waals surface area contributed by atoms with Crippen molar-refractivity contribution in [2.75, 3.05) is 33.4 Å². The van der Waals surface area contributed by atoms with Gasteiger partial charge in [0.05, 0.1) is 6.61 Å². The summed E-state index contributed by atoms with van der Waals surface area (Å²) in [6.07, 6.45) is 3.43. The van der Waals surface area contributed by atoms with Crippen LogP contribution in [0.3, 0.4) is 0 Å². The highest BCUT2D eigenvalue weighted by Crippen LogP contribution is 2.45. The van der Waals surface area contributed by atoms with Crippen molar-refractivity contribution in [1.29, 1.82) is 5.41 Å². The van der Waals surface area contributed by atoms with Crippen molar-refractivity contribution in [3.63, 3.8) is 0 Å². The molecule has 0 heterocycles. The number of unbranched alkanes of at least 4 members (excludes halogenated alkanes) is 1. The minimum atomic E-state index is -1.07. The van der Waals surface area contributed by atoms with Crippen LogP contribution < -0.4 is 47.1 Å². The van der Waals surface area contributed by atoms with Gasteiger partial charge in [-0.25, -0.2) is 0 Å². The number of hydrogen-bond acceptors (Lipinski definition) is 8. The van der Waals surface area contributed by atoms with Crippen LogP contribution in [0.15, 0.2) is 103 Å². The number of guanidine groups is 1. The third kappa shape index (κ3) is 16.0. The zero-order valence-corrected chi connectivity index (χ0v) is 39.7. The van der Waals surface area contributed by atoms with Crippen LogP contribution in [0.4, 0.5) is 0 Å². The van der Waals surface area contributed by atoms with E-state index in [0.717, 1.165) is 51.1 Å². The van der Waals surface area contributed by atoms with Crippen molar-refractivity contribution in [1.82, 2.24) is 31.9 Å². The van der Waals surface area contributed by atoms with E-state index in [0.29, 0.717) is 62.8 Å².